The predicted octanol–water partition coefficient (Wildman–Crippen LogP) is 1.86. The first-order valence-corrected chi connectivity index (χ1v) is 10.0. The van der Waals surface area contributed by atoms with Gasteiger partial charge in [-0.25, -0.2) is 9.18 Å². The van der Waals surface area contributed by atoms with Gasteiger partial charge in [-0.05, 0) is 31.0 Å². The quantitative estimate of drug-likeness (QED) is 0.731. The van der Waals surface area contributed by atoms with Gasteiger partial charge < -0.3 is 20.3 Å². The number of rotatable bonds is 5. The molecule has 0 aromatic heterocycles. The van der Waals surface area contributed by atoms with Crippen molar-refractivity contribution in [3.63, 3.8) is 0 Å². The van der Waals surface area contributed by atoms with Crippen LogP contribution in [0.25, 0.3) is 0 Å². The minimum absolute atomic E-state index is 0.00654. The number of hydrogen-bond acceptors (Lipinski definition) is 5. The molecule has 1 aromatic rings. The van der Waals surface area contributed by atoms with Crippen LogP contribution in [0.4, 0.5) is 20.6 Å². The van der Waals surface area contributed by atoms with Crippen molar-refractivity contribution in [3.8, 4) is 0 Å². The van der Waals surface area contributed by atoms with E-state index in [-0.39, 0.29) is 24.8 Å². The van der Waals surface area contributed by atoms with Crippen molar-refractivity contribution in [2.75, 3.05) is 43.1 Å². The molecule has 9 heteroatoms. The van der Waals surface area contributed by atoms with Gasteiger partial charge in [-0.15, -0.1) is 0 Å². The fourth-order valence-electron chi connectivity index (χ4n) is 4.28. The van der Waals surface area contributed by atoms with E-state index in [2.05, 4.69) is 10.6 Å². The van der Waals surface area contributed by atoms with Crippen LogP contribution in [0.15, 0.2) is 18.2 Å². The molecule has 0 bridgehead atoms. The molecule has 1 spiro atoms. The van der Waals surface area contributed by atoms with Crippen LogP contribution in [0.3, 0.4) is 0 Å². The monoisotopic (exact) mass is 404 g/mol. The summed E-state index contributed by atoms with van der Waals surface area (Å²) in [6.45, 7) is 2.36. The highest BCUT2D eigenvalue weighted by Gasteiger charge is 2.52. The van der Waals surface area contributed by atoms with Crippen LogP contribution in [-0.2, 0) is 14.3 Å². The highest BCUT2D eigenvalue weighted by atomic mass is 19.1. The maximum atomic E-state index is 14.4. The van der Waals surface area contributed by atoms with E-state index in [1.807, 2.05) is 4.90 Å². The van der Waals surface area contributed by atoms with Crippen LogP contribution >= 0.6 is 0 Å². The standard InChI is InChI=1S/C20H25FN4O4/c21-15-13-14(3-4-16(15)24-9-11-29-12-10-24)22-17(26)5-8-25-18(27)20(23-19(25)28)6-1-2-7-20/h3-4,13H,1-2,5-12H2,(H,22,26)(H,23,28). The summed E-state index contributed by atoms with van der Waals surface area (Å²) < 4.78 is 19.7. The molecule has 156 valence electrons. The average Bonchev–Trinajstić information content (AvgIpc) is 3.26. The summed E-state index contributed by atoms with van der Waals surface area (Å²) in [5.74, 6) is -1.04. The van der Waals surface area contributed by atoms with E-state index in [9.17, 15) is 18.8 Å². The molecular weight excluding hydrogens is 379 g/mol. The van der Waals surface area contributed by atoms with E-state index >= 15 is 0 Å². The number of carbonyl (C=O) groups excluding carboxylic acids is 3. The lowest BCUT2D eigenvalue weighted by Crippen LogP contribution is -2.44. The Kier molecular flexibility index (Phi) is 5.40. The molecule has 3 aliphatic rings. The summed E-state index contributed by atoms with van der Waals surface area (Å²) in [5, 5.41) is 5.43. The summed E-state index contributed by atoms with van der Waals surface area (Å²) >= 11 is 0. The van der Waals surface area contributed by atoms with Gasteiger partial charge in [0.15, 0.2) is 0 Å². The summed E-state index contributed by atoms with van der Waals surface area (Å²) in [7, 11) is 0. The number of nitrogens with one attached hydrogen (secondary N) is 2. The molecule has 2 N–H and O–H groups in total. The van der Waals surface area contributed by atoms with E-state index in [0.717, 1.165) is 17.7 Å². The van der Waals surface area contributed by atoms with Gasteiger partial charge in [0, 0.05) is 31.7 Å². The Morgan fingerprint density at radius 2 is 1.93 bits per heavy atom. The first-order valence-electron chi connectivity index (χ1n) is 10.0. The lowest BCUT2D eigenvalue weighted by atomic mass is 9.98. The molecule has 2 saturated heterocycles. The zero-order valence-corrected chi connectivity index (χ0v) is 16.2. The van der Waals surface area contributed by atoms with Crippen molar-refractivity contribution in [2.45, 2.75) is 37.6 Å². The van der Waals surface area contributed by atoms with Gasteiger partial charge in [-0.2, -0.15) is 0 Å². The maximum absolute atomic E-state index is 14.4. The van der Waals surface area contributed by atoms with Gasteiger partial charge in [0.2, 0.25) is 5.91 Å². The zero-order valence-electron chi connectivity index (χ0n) is 16.2. The van der Waals surface area contributed by atoms with Crippen molar-refractivity contribution in [1.82, 2.24) is 10.2 Å². The van der Waals surface area contributed by atoms with E-state index in [1.54, 1.807) is 12.1 Å². The summed E-state index contributed by atoms with van der Waals surface area (Å²) in [4.78, 5) is 40.0. The Hall–Kier alpha value is -2.68. The SMILES string of the molecule is O=C(CCN1C(=O)NC2(CCCC2)C1=O)Nc1ccc(N2CCOCC2)c(F)c1. The second-order valence-electron chi connectivity index (χ2n) is 7.74. The fourth-order valence-corrected chi connectivity index (χ4v) is 4.28. The largest absolute Gasteiger partial charge is 0.378 e. The molecular formula is C20H25FN4O4. The van der Waals surface area contributed by atoms with Crippen LogP contribution in [0.2, 0.25) is 0 Å². The fraction of sp³-hybridized carbons (Fsp3) is 0.550. The Labute approximate surface area is 168 Å². The lowest BCUT2D eigenvalue weighted by molar-refractivity contribution is -0.131. The number of halogens is 1. The van der Waals surface area contributed by atoms with Crippen LogP contribution in [0, 0.1) is 5.82 Å². The summed E-state index contributed by atoms with van der Waals surface area (Å²) in [6, 6.07) is 4.12. The molecule has 3 fully saturated rings. The lowest BCUT2D eigenvalue weighted by Gasteiger charge is -2.29. The van der Waals surface area contributed by atoms with Crippen molar-refractivity contribution in [2.24, 2.45) is 0 Å². The van der Waals surface area contributed by atoms with E-state index < -0.39 is 17.4 Å². The average molecular weight is 404 g/mol. The number of anilines is 2. The van der Waals surface area contributed by atoms with E-state index in [1.165, 1.54) is 6.07 Å². The molecule has 29 heavy (non-hydrogen) atoms. The molecule has 2 aliphatic heterocycles. The Balaban J connectivity index is 1.32. The van der Waals surface area contributed by atoms with Gasteiger partial charge >= 0.3 is 6.03 Å². The molecule has 1 aliphatic carbocycles. The van der Waals surface area contributed by atoms with Crippen molar-refractivity contribution >= 4 is 29.2 Å². The molecule has 1 saturated carbocycles. The van der Waals surface area contributed by atoms with Gasteiger partial charge in [-0.1, -0.05) is 12.8 Å². The highest BCUT2D eigenvalue weighted by molar-refractivity contribution is 6.07. The number of amides is 4. The third kappa shape index (κ3) is 3.91. The molecule has 4 rings (SSSR count). The molecule has 0 unspecified atom stereocenters. The van der Waals surface area contributed by atoms with Gasteiger partial charge in [0.25, 0.3) is 5.91 Å². The minimum Gasteiger partial charge on any atom is -0.378 e. The normalized spacial score (nSPS) is 21.0. The number of imide groups is 1. The molecule has 8 nitrogen and oxygen atoms in total. The third-order valence-corrected chi connectivity index (χ3v) is 5.85. The van der Waals surface area contributed by atoms with Crippen LogP contribution in [-0.4, -0.2) is 61.1 Å². The van der Waals surface area contributed by atoms with E-state index in [0.29, 0.717) is 50.5 Å². The van der Waals surface area contributed by atoms with Gasteiger partial charge in [-0.3, -0.25) is 14.5 Å². The summed E-state index contributed by atoms with van der Waals surface area (Å²) in [6.07, 6.45) is 3.07. The molecule has 1 aromatic carbocycles. The minimum atomic E-state index is -0.772. The molecule has 2 heterocycles. The number of benzene rings is 1. The molecule has 4 amide bonds. The van der Waals surface area contributed by atoms with Crippen molar-refractivity contribution in [1.29, 1.82) is 0 Å². The smallest absolute Gasteiger partial charge is 0.325 e. The van der Waals surface area contributed by atoms with Gasteiger partial charge in [0.05, 0.1) is 18.9 Å². The Bertz CT molecular complexity index is 819. The van der Waals surface area contributed by atoms with Crippen molar-refractivity contribution < 1.29 is 23.5 Å². The summed E-state index contributed by atoms with van der Waals surface area (Å²) in [5.41, 5.74) is 0.0490. The number of carbonyl (C=O) groups is 3. The Morgan fingerprint density at radius 1 is 1.21 bits per heavy atom. The number of nitrogens with zero attached hydrogens (tertiary/aromatic N) is 2. The van der Waals surface area contributed by atoms with Gasteiger partial charge in [0.1, 0.15) is 11.4 Å². The number of urea groups is 1. The Morgan fingerprint density at radius 3 is 2.62 bits per heavy atom. The predicted molar refractivity (Wildman–Crippen MR) is 104 cm³/mol. The molecule has 0 radical (unpaired) electrons. The maximum Gasteiger partial charge on any atom is 0.325 e. The highest BCUT2D eigenvalue weighted by Crippen LogP contribution is 2.35. The van der Waals surface area contributed by atoms with Crippen molar-refractivity contribution in [3.05, 3.63) is 24.0 Å². The first kappa shape index (κ1) is 19.6. The zero-order chi connectivity index (χ0) is 20.4. The van der Waals surface area contributed by atoms with Crippen LogP contribution in [0.1, 0.15) is 32.1 Å². The topological polar surface area (TPSA) is 91.0 Å². The number of ether oxygens (including phenoxy) is 1. The van der Waals surface area contributed by atoms with Crippen LogP contribution < -0.4 is 15.5 Å². The number of morpholine rings is 1. The van der Waals surface area contributed by atoms with E-state index in [4.69, 9.17) is 4.74 Å². The second kappa shape index (κ2) is 7.98. The van der Waals surface area contributed by atoms with Crippen LogP contribution in [0.5, 0.6) is 0 Å². The number of hydrogen-bond donors (Lipinski definition) is 2. The molecule has 0 atom stereocenters. The third-order valence-electron chi connectivity index (χ3n) is 5.85. The first-order chi connectivity index (χ1) is 14.0. The second-order valence-corrected chi connectivity index (χ2v) is 7.74.